The number of aryl methyl sites for hydroxylation is 1. The lowest BCUT2D eigenvalue weighted by Crippen LogP contribution is -2.08. The molecule has 1 saturated carbocycles. The first-order chi connectivity index (χ1) is 13.4. The van der Waals surface area contributed by atoms with Crippen LogP contribution in [0.4, 0.5) is 4.39 Å². The number of thioether (sulfide) groups is 1. The van der Waals surface area contributed by atoms with Crippen LogP contribution in [0.2, 0.25) is 0 Å². The Hall–Kier alpha value is -2.41. The van der Waals surface area contributed by atoms with Crippen molar-refractivity contribution in [2.45, 2.75) is 44.3 Å². The third-order valence-corrected chi connectivity index (χ3v) is 6.29. The van der Waals surface area contributed by atoms with Gasteiger partial charge < -0.3 is 9.13 Å². The first-order valence-corrected chi connectivity index (χ1v) is 10.4. The zero-order chi connectivity index (χ0) is 19.8. The van der Waals surface area contributed by atoms with Gasteiger partial charge in [0, 0.05) is 36.5 Å². The summed E-state index contributed by atoms with van der Waals surface area (Å²) in [6.07, 6.45) is 2.35. The van der Waals surface area contributed by atoms with Crippen molar-refractivity contribution >= 4 is 17.5 Å². The van der Waals surface area contributed by atoms with Crippen LogP contribution in [0.5, 0.6) is 0 Å². The minimum Gasteiger partial charge on any atom is -0.344 e. The van der Waals surface area contributed by atoms with Gasteiger partial charge in [-0.3, -0.25) is 4.79 Å². The number of benzene rings is 1. The summed E-state index contributed by atoms with van der Waals surface area (Å²) in [5.74, 6) is 1.73. The van der Waals surface area contributed by atoms with Crippen molar-refractivity contribution in [2.24, 2.45) is 7.05 Å². The standard InChI is InChI=1S/C21H23FN4OS/c1-13-10-18(14(2)26(13)11-15-4-8-17(22)9-5-15)19(27)12-28-21-24-23-20(25(21)3)16-6-7-16/h4-5,8-10,16H,6-7,11-12H2,1-3H3. The van der Waals surface area contributed by atoms with E-state index < -0.39 is 0 Å². The molecule has 0 aliphatic heterocycles. The molecular weight excluding hydrogens is 375 g/mol. The number of hydrogen-bond donors (Lipinski definition) is 0. The molecule has 4 rings (SSSR count). The van der Waals surface area contributed by atoms with E-state index in [9.17, 15) is 9.18 Å². The summed E-state index contributed by atoms with van der Waals surface area (Å²) in [7, 11) is 1.97. The molecule has 0 unspecified atom stereocenters. The maximum atomic E-state index is 13.1. The highest BCUT2D eigenvalue weighted by molar-refractivity contribution is 7.99. The summed E-state index contributed by atoms with van der Waals surface area (Å²) in [6.45, 7) is 4.57. The highest BCUT2D eigenvalue weighted by Gasteiger charge is 2.29. The van der Waals surface area contributed by atoms with Gasteiger partial charge in [-0.25, -0.2) is 4.39 Å². The summed E-state index contributed by atoms with van der Waals surface area (Å²) in [5, 5.41) is 9.29. The lowest BCUT2D eigenvalue weighted by Gasteiger charge is -2.10. The SMILES string of the molecule is Cc1cc(C(=O)CSc2nnc(C3CC3)n2C)c(C)n1Cc1ccc(F)cc1. The largest absolute Gasteiger partial charge is 0.344 e. The zero-order valence-electron chi connectivity index (χ0n) is 16.3. The van der Waals surface area contributed by atoms with Crippen LogP contribution in [0.15, 0.2) is 35.5 Å². The van der Waals surface area contributed by atoms with E-state index >= 15 is 0 Å². The van der Waals surface area contributed by atoms with Crippen LogP contribution in [0.1, 0.15) is 51.9 Å². The summed E-state index contributed by atoms with van der Waals surface area (Å²) < 4.78 is 17.2. The number of nitrogens with zero attached hydrogens (tertiary/aromatic N) is 4. The molecule has 7 heteroatoms. The van der Waals surface area contributed by atoms with Gasteiger partial charge in [0.1, 0.15) is 11.6 Å². The van der Waals surface area contributed by atoms with Gasteiger partial charge >= 0.3 is 0 Å². The molecule has 28 heavy (non-hydrogen) atoms. The van der Waals surface area contributed by atoms with Crippen molar-refractivity contribution in [3.63, 3.8) is 0 Å². The van der Waals surface area contributed by atoms with E-state index in [1.165, 1.54) is 36.7 Å². The summed E-state index contributed by atoms with van der Waals surface area (Å²) in [5.41, 5.74) is 3.69. The second-order valence-corrected chi connectivity index (χ2v) is 8.33. The van der Waals surface area contributed by atoms with Crippen LogP contribution in [-0.2, 0) is 13.6 Å². The molecule has 1 aliphatic rings. The first-order valence-electron chi connectivity index (χ1n) is 9.40. The number of carbonyl (C=O) groups excluding carboxylic acids is 1. The van der Waals surface area contributed by atoms with Crippen molar-refractivity contribution in [2.75, 3.05) is 5.75 Å². The second-order valence-electron chi connectivity index (χ2n) is 7.38. The fourth-order valence-corrected chi connectivity index (χ4v) is 4.26. The number of hydrogen-bond acceptors (Lipinski definition) is 4. The number of carbonyl (C=O) groups is 1. The lowest BCUT2D eigenvalue weighted by molar-refractivity contribution is 0.102. The Morgan fingerprint density at radius 3 is 2.61 bits per heavy atom. The molecule has 1 aliphatic carbocycles. The summed E-state index contributed by atoms with van der Waals surface area (Å²) >= 11 is 1.43. The Morgan fingerprint density at radius 1 is 1.21 bits per heavy atom. The van der Waals surface area contributed by atoms with Crippen molar-refractivity contribution < 1.29 is 9.18 Å². The summed E-state index contributed by atoms with van der Waals surface area (Å²) in [4.78, 5) is 12.8. The molecule has 146 valence electrons. The van der Waals surface area contributed by atoms with Crippen molar-refractivity contribution in [1.29, 1.82) is 0 Å². The fourth-order valence-electron chi connectivity index (χ4n) is 3.46. The molecule has 3 aromatic rings. The predicted octanol–water partition coefficient (Wildman–Crippen LogP) is 4.27. The summed E-state index contributed by atoms with van der Waals surface area (Å²) in [6, 6.07) is 8.41. The van der Waals surface area contributed by atoms with E-state index in [-0.39, 0.29) is 11.6 Å². The van der Waals surface area contributed by atoms with E-state index in [4.69, 9.17) is 0 Å². The highest BCUT2D eigenvalue weighted by atomic mass is 32.2. The molecule has 0 atom stereocenters. The molecule has 5 nitrogen and oxygen atoms in total. The Labute approximate surface area is 168 Å². The Morgan fingerprint density at radius 2 is 1.93 bits per heavy atom. The van der Waals surface area contributed by atoms with Crippen LogP contribution in [0, 0.1) is 19.7 Å². The monoisotopic (exact) mass is 398 g/mol. The van der Waals surface area contributed by atoms with E-state index in [0.29, 0.717) is 18.2 Å². The smallest absolute Gasteiger partial charge is 0.191 e. The van der Waals surface area contributed by atoms with Gasteiger partial charge in [-0.2, -0.15) is 0 Å². The van der Waals surface area contributed by atoms with Gasteiger partial charge in [-0.1, -0.05) is 23.9 Å². The molecule has 1 aromatic carbocycles. The Balaban J connectivity index is 1.46. The van der Waals surface area contributed by atoms with E-state index in [0.717, 1.165) is 33.5 Å². The molecule has 0 spiro atoms. The quantitative estimate of drug-likeness (QED) is 0.440. The minimum atomic E-state index is -0.244. The maximum absolute atomic E-state index is 13.1. The molecule has 2 aromatic heterocycles. The van der Waals surface area contributed by atoms with Gasteiger partial charge in [-0.05, 0) is 50.5 Å². The molecule has 0 amide bonds. The van der Waals surface area contributed by atoms with Crippen molar-refractivity contribution in [3.8, 4) is 0 Å². The molecule has 0 saturated heterocycles. The average Bonchev–Trinajstić information content (AvgIpc) is 3.40. The van der Waals surface area contributed by atoms with E-state index in [1.807, 2.05) is 31.5 Å². The van der Waals surface area contributed by atoms with Gasteiger partial charge in [0.2, 0.25) is 0 Å². The predicted molar refractivity (Wildman–Crippen MR) is 107 cm³/mol. The van der Waals surface area contributed by atoms with Crippen LogP contribution in [-0.4, -0.2) is 30.9 Å². The molecule has 2 heterocycles. The number of Topliss-reactive ketones (excluding diaryl/α,β-unsaturated/α-hetero) is 1. The van der Waals surface area contributed by atoms with Crippen LogP contribution < -0.4 is 0 Å². The molecule has 1 fully saturated rings. The molecule has 0 N–H and O–H groups in total. The normalized spacial score (nSPS) is 13.9. The van der Waals surface area contributed by atoms with Gasteiger partial charge in [0.25, 0.3) is 0 Å². The van der Waals surface area contributed by atoms with Crippen molar-refractivity contribution in [1.82, 2.24) is 19.3 Å². The van der Waals surface area contributed by atoms with Crippen LogP contribution >= 0.6 is 11.8 Å². The molecular formula is C21H23FN4OS. The van der Waals surface area contributed by atoms with Crippen LogP contribution in [0.25, 0.3) is 0 Å². The lowest BCUT2D eigenvalue weighted by atomic mass is 10.2. The van der Waals surface area contributed by atoms with E-state index in [1.54, 1.807) is 12.1 Å². The minimum absolute atomic E-state index is 0.0828. The average molecular weight is 399 g/mol. The Bertz CT molecular complexity index is 1020. The van der Waals surface area contributed by atoms with Gasteiger partial charge in [-0.15, -0.1) is 10.2 Å². The van der Waals surface area contributed by atoms with Gasteiger partial charge in [0.15, 0.2) is 10.9 Å². The van der Waals surface area contributed by atoms with Gasteiger partial charge in [0.05, 0.1) is 5.75 Å². The van der Waals surface area contributed by atoms with E-state index in [2.05, 4.69) is 14.8 Å². The molecule has 0 radical (unpaired) electrons. The maximum Gasteiger partial charge on any atom is 0.191 e. The third-order valence-electron chi connectivity index (χ3n) is 5.27. The third kappa shape index (κ3) is 3.76. The Kier molecular flexibility index (Phi) is 5.10. The van der Waals surface area contributed by atoms with Crippen LogP contribution in [0.3, 0.4) is 0 Å². The number of halogens is 1. The number of rotatable bonds is 7. The number of ketones is 1. The fraction of sp³-hybridized carbons (Fsp3) is 0.381. The first kappa shape index (κ1) is 18.9. The molecule has 0 bridgehead atoms. The van der Waals surface area contributed by atoms with Crippen molar-refractivity contribution in [3.05, 3.63) is 64.5 Å². The number of aromatic nitrogens is 4. The topological polar surface area (TPSA) is 52.7 Å². The second kappa shape index (κ2) is 7.54. The zero-order valence-corrected chi connectivity index (χ0v) is 17.1. The highest BCUT2D eigenvalue weighted by Crippen LogP contribution is 2.39.